The molecule has 0 amide bonds. The molecule has 4 heteroatoms. The average Bonchev–Trinajstić information content (AvgIpc) is 2.80. The summed E-state index contributed by atoms with van der Waals surface area (Å²) in [4.78, 5) is 0. The molecule has 0 aliphatic heterocycles. The molecule has 0 saturated carbocycles. The van der Waals surface area contributed by atoms with Crippen molar-refractivity contribution in [2.75, 3.05) is 11.5 Å². The second-order valence-electron chi connectivity index (χ2n) is 4.44. The number of hydrazine groups is 1. The highest BCUT2D eigenvalue weighted by molar-refractivity contribution is 7.99. The third-order valence-corrected chi connectivity index (χ3v) is 4.20. The van der Waals surface area contributed by atoms with E-state index in [0.29, 0.717) is 0 Å². The quantitative estimate of drug-likeness (QED) is 0.477. The Hall–Kier alpha value is -0.970. The van der Waals surface area contributed by atoms with Crippen molar-refractivity contribution in [3.8, 4) is 0 Å². The minimum atomic E-state index is 0.0772. The summed E-state index contributed by atoms with van der Waals surface area (Å²) in [5.74, 6) is 8.63. The molecule has 1 atom stereocenters. The van der Waals surface area contributed by atoms with Gasteiger partial charge in [-0.1, -0.05) is 25.1 Å². The van der Waals surface area contributed by atoms with Crippen LogP contribution in [0.4, 0.5) is 0 Å². The van der Waals surface area contributed by atoms with Gasteiger partial charge in [0.2, 0.25) is 0 Å². The number of nitrogens with two attached hydrogens (primary N) is 1. The first kappa shape index (κ1) is 13.5. The topological polar surface area (TPSA) is 51.2 Å². The van der Waals surface area contributed by atoms with Crippen molar-refractivity contribution >= 4 is 22.7 Å². The van der Waals surface area contributed by atoms with E-state index in [2.05, 4.69) is 37.5 Å². The van der Waals surface area contributed by atoms with Gasteiger partial charge in [0.05, 0.1) is 6.04 Å². The van der Waals surface area contributed by atoms with Crippen molar-refractivity contribution in [1.29, 1.82) is 0 Å². The Kier molecular flexibility index (Phi) is 4.69. The van der Waals surface area contributed by atoms with Crippen LogP contribution in [0.1, 0.15) is 30.7 Å². The molecule has 0 aliphatic carbocycles. The Morgan fingerprint density at radius 1 is 1.44 bits per heavy atom. The summed E-state index contributed by atoms with van der Waals surface area (Å²) in [7, 11) is 0. The van der Waals surface area contributed by atoms with E-state index < -0.39 is 0 Å². The van der Waals surface area contributed by atoms with Gasteiger partial charge in [-0.15, -0.1) is 0 Å². The van der Waals surface area contributed by atoms with Crippen LogP contribution in [0.25, 0.3) is 11.0 Å². The Morgan fingerprint density at radius 3 is 2.94 bits per heavy atom. The first-order chi connectivity index (χ1) is 8.76. The Balaban J connectivity index is 2.20. The molecule has 0 fully saturated rings. The zero-order valence-electron chi connectivity index (χ0n) is 10.9. The Morgan fingerprint density at radius 2 is 2.28 bits per heavy atom. The molecule has 2 rings (SSSR count). The number of thioether (sulfide) groups is 1. The maximum Gasteiger partial charge on any atom is 0.137 e. The molecule has 1 aromatic heterocycles. The van der Waals surface area contributed by atoms with Crippen LogP contribution in [0.5, 0.6) is 0 Å². The van der Waals surface area contributed by atoms with Gasteiger partial charge in [-0.3, -0.25) is 5.84 Å². The van der Waals surface area contributed by atoms with Crippen LogP contribution in [-0.4, -0.2) is 11.5 Å². The first-order valence-corrected chi connectivity index (χ1v) is 7.44. The van der Waals surface area contributed by atoms with Crippen LogP contribution in [-0.2, 0) is 0 Å². The largest absolute Gasteiger partial charge is 0.459 e. The molecule has 18 heavy (non-hydrogen) atoms. The molecule has 3 nitrogen and oxygen atoms in total. The standard InChI is InChI=1S/C14H20N2OS/c1-3-7-18-9-12(16-15)13-8-11-6-4-5-10(2)14(11)17-13/h4-6,8,12,16H,3,7,9,15H2,1-2H3. The lowest BCUT2D eigenvalue weighted by Crippen LogP contribution is -2.29. The van der Waals surface area contributed by atoms with Crippen molar-refractivity contribution in [2.45, 2.75) is 26.3 Å². The zero-order chi connectivity index (χ0) is 13.0. The van der Waals surface area contributed by atoms with Gasteiger partial charge >= 0.3 is 0 Å². The predicted molar refractivity (Wildman–Crippen MR) is 78.6 cm³/mol. The second kappa shape index (κ2) is 6.27. The van der Waals surface area contributed by atoms with Gasteiger partial charge in [0.1, 0.15) is 11.3 Å². The summed E-state index contributed by atoms with van der Waals surface area (Å²) >= 11 is 1.89. The highest BCUT2D eigenvalue weighted by atomic mass is 32.2. The van der Waals surface area contributed by atoms with Crippen molar-refractivity contribution in [2.24, 2.45) is 5.84 Å². The first-order valence-electron chi connectivity index (χ1n) is 6.29. The smallest absolute Gasteiger partial charge is 0.137 e. The van der Waals surface area contributed by atoms with Crippen LogP contribution in [0.3, 0.4) is 0 Å². The number of nitrogens with one attached hydrogen (secondary N) is 1. The highest BCUT2D eigenvalue weighted by Crippen LogP contribution is 2.27. The fourth-order valence-electron chi connectivity index (χ4n) is 1.96. The lowest BCUT2D eigenvalue weighted by atomic mass is 10.1. The summed E-state index contributed by atoms with van der Waals surface area (Å²) in [5.41, 5.74) is 4.97. The molecule has 2 aromatic rings. The maximum atomic E-state index is 5.93. The molecule has 0 aliphatic rings. The van der Waals surface area contributed by atoms with Gasteiger partial charge in [-0.25, -0.2) is 5.43 Å². The van der Waals surface area contributed by atoms with E-state index in [1.165, 1.54) is 6.42 Å². The molecule has 3 N–H and O–H groups in total. The van der Waals surface area contributed by atoms with Crippen molar-refractivity contribution in [3.05, 3.63) is 35.6 Å². The Bertz CT molecular complexity index is 509. The summed E-state index contributed by atoms with van der Waals surface area (Å²) in [6.07, 6.45) is 1.18. The fraction of sp³-hybridized carbons (Fsp3) is 0.429. The van der Waals surface area contributed by atoms with Crippen molar-refractivity contribution < 1.29 is 4.42 Å². The minimum Gasteiger partial charge on any atom is -0.459 e. The maximum absolute atomic E-state index is 5.93. The number of para-hydroxylation sites is 1. The molecule has 1 aromatic carbocycles. The van der Waals surface area contributed by atoms with Crippen molar-refractivity contribution in [1.82, 2.24) is 5.43 Å². The van der Waals surface area contributed by atoms with E-state index >= 15 is 0 Å². The summed E-state index contributed by atoms with van der Waals surface area (Å²) < 4.78 is 5.93. The van der Waals surface area contributed by atoms with Crippen LogP contribution in [0.15, 0.2) is 28.7 Å². The molecular weight excluding hydrogens is 244 g/mol. The molecule has 0 spiro atoms. The van der Waals surface area contributed by atoms with Gasteiger partial charge in [-0.2, -0.15) is 11.8 Å². The van der Waals surface area contributed by atoms with E-state index in [4.69, 9.17) is 10.3 Å². The van der Waals surface area contributed by atoms with Gasteiger partial charge in [0, 0.05) is 11.1 Å². The van der Waals surface area contributed by atoms with Crippen LogP contribution < -0.4 is 11.3 Å². The number of aryl methyl sites for hydroxylation is 1. The molecule has 98 valence electrons. The second-order valence-corrected chi connectivity index (χ2v) is 5.59. The third-order valence-electron chi connectivity index (χ3n) is 2.94. The van der Waals surface area contributed by atoms with Crippen molar-refractivity contribution in [3.63, 3.8) is 0 Å². The molecular formula is C14H20N2OS. The number of hydrogen-bond acceptors (Lipinski definition) is 4. The monoisotopic (exact) mass is 264 g/mol. The fourth-order valence-corrected chi connectivity index (χ4v) is 2.91. The third kappa shape index (κ3) is 2.88. The predicted octanol–water partition coefficient (Wildman–Crippen LogP) is 3.39. The number of rotatable bonds is 6. The SMILES string of the molecule is CCCSCC(NN)c1cc2cccc(C)c2o1. The molecule has 1 unspecified atom stereocenters. The normalized spacial score (nSPS) is 13.1. The van der Waals surface area contributed by atoms with Gasteiger partial charge < -0.3 is 4.42 Å². The van der Waals surface area contributed by atoms with Crippen LogP contribution in [0.2, 0.25) is 0 Å². The number of benzene rings is 1. The average molecular weight is 264 g/mol. The molecule has 0 bridgehead atoms. The lowest BCUT2D eigenvalue weighted by molar-refractivity contribution is 0.463. The van der Waals surface area contributed by atoms with E-state index in [9.17, 15) is 0 Å². The number of hydrogen-bond donors (Lipinski definition) is 2. The van der Waals surface area contributed by atoms with E-state index in [-0.39, 0.29) is 6.04 Å². The molecule has 0 saturated heterocycles. The Labute approximate surface area is 112 Å². The van der Waals surface area contributed by atoms with Crippen LogP contribution >= 0.6 is 11.8 Å². The van der Waals surface area contributed by atoms with Gasteiger partial charge in [-0.05, 0) is 30.7 Å². The van der Waals surface area contributed by atoms with E-state index in [1.54, 1.807) is 0 Å². The molecule has 1 heterocycles. The van der Waals surface area contributed by atoms with Gasteiger partial charge in [0.15, 0.2) is 0 Å². The van der Waals surface area contributed by atoms with Gasteiger partial charge in [0.25, 0.3) is 0 Å². The minimum absolute atomic E-state index is 0.0772. The number of furan rings is 1. The summed E-state index contributed by atoms with van der Waals surface area (Å²) in [6.45, 7) is 4.24. The zero-order valence-corrected chi connectivity index (χ0v) is 11.7. The van der Waals surface area contributed by atoms with Crippen LogP contribution in [0, 0.1) is 6.92 Å². The number of fused-ring (bicyclic) bond motifs is 1. The molecule has 0 radical (unpaired) electrons. The van der Waals surface area contributed by atoms with E-state index in [1.807, 2.05) is 17.8 Å². The highest BCUT2D eigenvalue weighted by Gasteiger charge is 2.15. The lowest BCUT2D eigenvalue weighted by Gasteiger charge is -2.12. The summed E-state index contributed by atoms with van der Waals surface area (Å²) in [6, 6.07) is 8.34. The van der Waals surface area contributed by atoms with E-state index in [0.717, 1.165) is 33.8 Å². The summed E-state index contributed by atoms with van der Waals surface area (Å²) in [5, 5.41) is 1.14.